The minimum absolute atomic E-state index is 0.265. The van der Waals surface area contributed by atoms with Gasteiger partial charge in [0.1, 0.15) is 11.6 Å². The zero-order chi connectivity index (χ0) is 14.4. The normalized spacial score (nSPS) is 19.1. The van der Waals surface area contributed by atoms with Gasteiger partial charge in [-0.1, -0.05) is 0 Å². The van der Waals surface area contributed by atoms with Gasteiger partial charge >= 0.3 is 5.97 Å². The average molecular weight is 281 g/mol. The summed E-state index contributed by atoms with van der Waals surface area (Å²) in [6.45, 7) is 3.33. The smallest absolute Gasteiger partial charge is 0.303 e. The van der Waals surface area contributed by atoms with E-state index in [1.807, 2.05) is 0 Å². The highest BCUT2D eigenvalue weighted by molar-refractivity contribution is 5.67. The van der Waals surface area contributed by atoms with E-state index in [2.05, 4.69) is 4.90 Å². The minimum Gasteiger partial charge on any atom is -0.494 e. The van der Waals surface area contributed by atoms with Crippen LogP contribution in [0.15, 0.2) is 24.3 Å². The monoisotopic (exact) mass is 281 g/mol. The first-order valence-corrected chi connectivity index (χ1v) is 6.96. The molecule has 1 heterocycles. The number of hydrogen-bond donors (Lipinski definition) is 1. The third-order valence-corrected chi connectivity index (χ3v) is 3.53. The number of likely N-dealkylation sites (tertiary alicyclic amines) is 1. The quantitative estimate of drug-likeness (QED) is 0.780. The lowest BCUT2D eigenvalue weighted by atomic mass is 10.1. The molecule has 4 nitrogen and oxygen atoms in total. The Hall–Kier alpha value is -1.62. The van der Waals surface area contributed by atoms with Gasteiger partial charge in [-0.3, -0.25) is 4.79 Å². The van der Waals surface area contributed by atoms with E-state index >= 15 is 0 Å². The van der Waals surface area contributed by atoms with Crippen molar-refractivity contribution >= 4 is 5.97 Å². The van der Waals surface area contributed by atoms with Crippen molar-refractivity contribution < 1.29 is 19.0 Å². The van der Waals surface area contributed by atoms with Gasteiger partial charge in [0.15, 0.2) is 0 Å². The van der Waals surface area contributed by atoms with Gasteiger partial charge in [0, 0.05) is 19.5 Å². The Morgan fingerprint density at radius 2 is 2.15 bits per heavy atom. The second-order valence-electron chi connectivity index (χ2n) is 5.21. The molecule has 1 aliphatic rings. The Labute approximate surface area is 118 Å². The molecule has 0 saturated carbocycles. The summed E-state index contributed by atoms with van der Waals surface area (Å²) in [6, 6.07) is 6.00. The lowest BCUT2D eigenvalue weighted by molar-refractivity contribution is -0.138. The summed E-state index contributed by atoms with van der Waals surface area (Å²) in [5.74, 6) is -0.0162. The number of benzene rings is 1. The van der Waals surface area contributed by atoms with Crippen LogP contribution < -0.4 is 4.74 Å². The van der Waals surface area contributed by atoms with E-state index in [1.165, 1.54) is 12.1 Å². The molecule has 5 heteroatoms. The molecule has 1 aromatic carbocycles. The van der Waals surface area contributed by atoms with Crippen molar-refractivity contribution in [1.29, 1.82) is 0 Å². The first-order valence-electron chi connectivity index (χ1n) is 6.96. The fraction of sp³-hybridized carbons (Fsp3) is 0.533. The Morgan fingerprint density at radius 1 is 1.40 bits per heavy atom. The highest BCUT2D eigenvalue weighted by atomic mass is 19.1. The van der Waals surface area contributed by atoms with Crippen molar-refractivity contribution in [2.75, 3.05) is 26.2 Å². The molecular formula is C15H20FNO3. The van der Waals surface area contributed by atoms with Crippen molar-refractivity contribution in [1.82, 2.24) is 4.90 Å². The third-order valence-electron chi connectivity index (χ3n) is 3.53. The van der Waals surface area contributed by atoms with Crippen molar-refractivity contribution in [2.45, 2.75) is 19.3 Å². The molecule has 1 aromatic rings. The van der Waals surface area contributed by atoms with Crippen molar-refractivity contribution in [2.24, 2.45) is 5.92 Å². The third kappa shape index (κ3) is 4.81. The fourth-order valence-corrected chi connectivity index (χ4v) is 2.54. The number of carboxylic acids is 1. The number of hydrogen-bond acceptors (Lipinski definition) is 3. The van der Waals surface area contributed by atoms with Crippen molar-refractivity contribution in [3.05, 3.63) is 30.1 Å². The van der Waals surface area contributed by atoms with Crippen LogP contribution in [-0.4, -0.2) is 42.2 Å². The first kappa shape index (κ1) is 14.8. The molecule has 0 bridgehead atoms. The molecule has 0 aliphatic carbocycles. The summed E-state index contributed by atoms with van der Waals surface area (Å²) in [5.41, 5.74) is 0. The van der Waals surface area contributed by atoms with Gasteiger partial charge in [-0.2, -0.15) is 0 Å². The fourth-order valence-electron chi connectivity index (χ4n) is 2.54. The van der Waals surface area contributed by atoms with E-state index in [4.69, 9.17) is 9.84 Å². The Morgan fingerprint density at radius 3 is 2.85 bits per heavy atom. The molecule has 20 heavy (non-hydrogen) atoms. The standard InChI is InChI=1S/C15H20FNO3/c16-13-2-4-14(5-3-13)20-9-1-7-17-8-6-12(11-17)10-15(18)19/h2-5,12H,1,6-11H2,(H,18,19). The summed E-state index contributed by atoms with van der Waals surface area (Å²) in [6.07, 6.45) is 2.12. The SMILES string of the molecule is O=C(O)CC1CCN(CCCOc2ccc(F)cc2)C1. The molecule has 2 rings (SSSR count). The first-order chi connectivity index (χ1) is 9.63. The highest BCUT2D eigenvalue weighted by Crippen LogP contribution is 2.19. The lowest BCUT2D eigenvalue weighted by Crippen LogP contribution is -2.23. The maximum Gasteiger partial charge on any atom is 0.303 e. The maximum absolute atomic E-state index is 12.7. The van der Waals surface area contributed by atoms with E-state index in [-0.39, 0.29) is 18.2 Å². The predicted molar refractivity (Wildman–Crippen MR) is 73.3 cm³/mol. The lowest BCUT2D eigenvalue weighted by Gasteiger charge is -2.15. The molecule has 0 aromatic heterocycles. The predicted octanol–water partition coefficient (Wildman–Crippen LogP) is 2.39. The van der Waals surface area contributed by atoms with Crippen LogP contribution in [0.3, 0.4) is 0 Å². The van der Waals surface area contributed by atoms with E-state index in [0.29, 0.717) is 12.4 Å². The molecule has 1 unspecified atom stereocenters. The molecule has 1 fully saturated rings. The average Bonchev–Trinajstić information content (AvgIpc) is 2.83. The Kier molecular flexibility index (Phi) is 5.35. The summed E-state index contributed by atoms with van der Waals surface area (Å²) >= 11 is 0. The molecule has 0 spiro atoms. The molecule has 1 saturated heterocycles. The summed E-state index contributed by atoms with van der Waals surface area (Å²) < 4.78 is 18.2. The van der Waals surface area contributed by atoms with Crippen LogP contribution in [0.2, 0.25) is 0 Å². The van der Waals surface area contributed by atoms with Crippen LogP contribution in [-0.2, 0) is 4.79 Å². The second kappa shape index (κ2) is 7.24. The van der Waals surface area contributed by atoms with Gasteiger partial charge in [0.05, 0.1) is 6.61 Å². The molecule has 1 N–H and O–H groups in total. The topological polar surface area (TPSA) is 49.8 Å². The molecule has 110 valence electrons. The maximum atomic E-state index is 12.7. The van der Waals surface area contributed by atoms with Crippen LogP contribution in [0.4, 0.5) is 4.39 Å². The largest absolute Gasteiger partial charge is 0.494 e. The summed E-state index contributed by atoms with van der Waals surface area (Å²) in [5, 5.41) is 8.75. The van der Waals surface area contributed by atoms with E-state index < -0.39 is 5.97 Å². The Bertz CT molecular complexity index is 435. The van der Waals surface area contributed by atoms with E-state index in [1.54, 1.807) is 12.1 Å². The number of ether oxygens (including phenoxy) is 1. The number of rotatable bonds is 7. The van der Waals surface area contributed by atoms with E-state index in [9.17, 15) is 9.18 Å². The van der Waals surface area contributed by atoms with Crippen LogP contribution in [0.25, 0.3) is 0 Å². The van der Waals surface area contributed by atoms with Gasteiger partial charge in [-0.25, -0.2) is 4.39 Å². The van der Waals surface area contributed by atoms with E-state index in [0.717, 1.165) is 32.5 Å². The number of halogens is 1. The Balaban J connectivity index is 1.60. The highest BCUT2D eigenvalue weighted by Gasteiger charge is 2.23. The van der Waals surface area contributed by atoms with Crippen LogP contribution in [0.1, 0.15) is 19.3 Å². The van der Waals surface area contributed by atoms with Gasteiger partial charge in [-0.05, 0) is 49.6 Å². The van der Waals surface area contributed by atoms with Crippen LogP contribution in [0, 0.1) is 11.7 Å². The zero-order valence-corrected chi connectivity index (χ0v) is 11.4. The summed E-state index contributed by atoms with van der Waals surface area (Å²) in [4.78, 5) is 12.9. The number of carbonyl (C=O) groups is 1. The molecule has 0 radical (unpaired) electrons. The number of nitrogens with zero attached hydrogens (tertiary/aromatic N) is 1. The molecule has 0 amide bonds. The van der Waals surface area contributed by atoms with Crippen LogP contribution >= 0.6 is 0 Å². The molecular weight excluding hydrogens is 261 g/mol. The number of aliphatic carboxylic acids is 1. The van der Waals surface area contributed by atoms with Gasteiger partial charge in [0.2, 0.25) is 0 Å². The molecule has 1 atom stereocenters. The van der Waals surface area contributed by atoms with Crippen molar-refractivity contribution in [3.8, 4) is 5.75 Å². The van der Waals surface area contributed by atoms with Crippen LogP contribution in [0.5, 0.6) is 5.75 Å². The van der Waals surface area contributed by atoms with Gasteiger partial charge < -0.3 is 14.7 Å². The number of carboxylic acid groups (broad SMARTS) is 1. The van der Waals surface area contributed by atoms with Gasteiger partial charge in [0.25, 0.3) is 0 Å². The molecule has 1 aliphatic heterocycles. The second-order valence-corrected chi connectivity index (χ2v) is 5.21. The summed E-state index contributed by atoms with van der Waals surface area (Å²) in [7, 11) is 0. The zero-order valence-electron chi connectivity index (χ0n) is 11.4. The van der Waals surface area contributed by atoms with Gasteiger partial charge in [-0.15, -0.1) is 0 Å². The van der Waals surface area contributed by atoms with Crippen molar-refractivity contribution in [3.63, 3.8) is 0 Å². The minimum atomic E-state index is -0.712.